The van der Waals surface area contributed by atoms with Crippen LogP contribution in [0.3, 0.4) is 0 Å². The third kappa shape index (κ3) is 3.30. The number of hydrogen-bond donors (Lipinski definition) is 2. The number of rotatable bonds is 5. The fourth-order valence-electron chi connectivity index (χ4n) is 4.04. The second-order valence-electron chi connectivity index (χ2n) is 7.98. The average molecular weight is 417 g/mol. The average Bonchev–Trinajstić information content (AvgIpc) is 3.56. The van der Waals surface area contributed by atoms with Crippen LogP contribution >= 0.6 is 0 Å². The smallest absolute Gasteiger partial charge is 0.248 e. The van der Waals surface area contributed by atoms with Crippen molar-refractivity contribution in [3.63, 3.8) is 0 Å². The van der Waals surface area contributed by atoms with Gasteiger partial charge in [-0.3, -0.25) is 0 Å². The molecule has 1 fully saturated rings. The zero-order valence-corrected chi connectivity index (χ0v) is 17.2. The molecular formula is C26H19N5O. The van der Waals surface area contributed by atoms with E-state index in [1.807, 2.05) is 36.5 Å². The van der Waals surface area contributed by atoms with Gasteiger partial charge in [-0.2, -0.15) is 10.2 Å². The molecule has 0 radical (unpaired) electrons. The van der Waals surface area contributed by atoms with Crippen molar-refractivity contribution in [3.05, 3.63) is 84.1 Å². The summed E-state index contributed by atoms with van der Waals surface area (Å²) in [5.74, 6) is 2.31. The Balaban J connectivity index is 1.39. The fraction of sp³-hybridized carbons (Fsp3) is 0.115. The molecule has 6 heteroatoms. The Morgan fingerprint density at radius 1 is 0.938 bits per heavy atom. The normalized spacial score (nSPS) is 13.2. The summed E-state index contributed by atoms with van der Waals surface area (Å²) in [7, 11) is 0. The second kappa shape index (κ2) is 7.40. The van der Waals surface area contributed by atoms with Crippen molar-refractivity contribution in [1.82, 2.24) is 15.0 Å². The molecule has 32 heavy (non-hydrogen) atoms. The standard InChI is InChI=1S/C26H19N5O/c27-15-16-5-9-18(10-6-16)29-26-30-22-13-14-28-24(22)25(31-26)32-23-12-11-19(17-7-8-17)20-3-1-2-4-21(20)23/h1-6,9-14,17,28H,7-8H2,(H,29,30,31). The van der Waals surface area contributed by atoms with Gasteiger partial charge in [0.15, 0.2) is 0 Å². The lowest BCUT2D eigenvalue weighted by atomic mass is 10.0. The summed E-state index contributed by atoms with van der Waals surface area (Å²) < 4.78 is 6.37. The van der Waals surface area contributed by atoms with E-state index < -0.39 is 0 Å². The molecule has 0 aliphatic heterocycles. The highest BCUT2D eigenvalue weighted by Crippen LogP contribution is 2.45. The van der Waals surface area contributed by atoms with Crippen molar-refractivity contribution in [2.45, 2.75) is 18.8 Å². The van der Waals surface area contributed by atoms with Crippen molar-refractivity contribution in [1.29, 1.82) is 5.26 Å². The molecule has 6 rings (SSSR count). The first-order valence-electron chi connectivity index (χ1n) is 10.6. The van der Waals surface area contributed by atoms with Gasteiger partial charge < -0.3 is 15.0 Å². The van der Waals surface area contributed by atoms with Gasteiger partial charge in [-0.15, -0.1) is 0 Å². The molecule has 0 spiro atoms. The van der Waals surface area contributed by atoms with Gasteiger partial charge in [-0.25, -0.2) is 4.98 Å². The molecule has 2 N–H and O–H groups in total. The van der Waals surface area contributed by atoms with Crippen LogP contribution in [0, 0.1) is 11.3 Å². The quantitative estimate of drug-likeness (QED) is 0.346. The molecule has 6 nitrogen and oxygen atoms in total. The van der Waals surface area contributed by atoms with Gasteiger partial charge in [0.05, 0.1) is 17.1 Å². The fourth-order valence-corrected chi connectivity index (χ4v) is 4.04. The van der Waals surface area contributed by atoms with Gasteiger partial charge in [0.1, 0.15) is 11.3 Å². The number of aromatic amines is 1. The molecule has 5 aromatic rings. The van der Waals surface area contributed by atoms with Crippen LogP contribution in [0.1, 0.15) is 29.9 Å². The third-order valence-corrected chi connectivity index (χ3v) is 5.78. The predicted molar refractivity (Wildman–Crippen MR) is 124 cm³/mol. The van der Waals surface area contributed by atoms with Crippen molar-refractivity contribution in [2.24, 2.45) is 0 Å². The highest BCUT2D eigenvalue weighted by molar-refractivity contribution is 5.92. The van der Waals surface area contributed by atoms with Crippen LogP contribution in [0.2, 0.25) is 0 Å². The largest absolute Gasteiger partial charge is 0.436 e. The molecule has 1 aliphatic carbocycles. The number of H-pyrrole nitrogens is 1. The van der Waals surface area contributed by atoms with Gasteiger partial charge in [-0.1, -0.05) is 30.3 Å². The highest BCUT2D eigenvalue weighted by atomic mass is 16.5. The van der Waals surface area contributed by atoms with E-state index in [-0.39, 0.29) is 0 Å². The summed E-state index contributed by atoms with van der Waals surface area (Å²) in [5, 5.41) is 14.5. The van der Waals surface area contributed by atoms with E-state index in [1.165, 1.54) is 23.8 Å². The van der Waals surface area contributed by atoms with E-state index in [0.717, 1.165) is 27.9 Å². The van der Waals surface area contributed by atoms with Crippen molar-refractivity contribution in [3.8, 4) is 17.7 Å². The molecule has 0 bridgehead atoms. The van der Waals surface area contributed by atoms with E-state index in [4.69, 9.17) is 10.00 Å². The van der Waals surface area contributed by atoms with Crippen molar-refractivity contribution < 1.29 is 4.74 Å². The summed E-state index contributed by atoms with van der Waals surface area (Å²) in [6, 6.07) is 23.8. The van der Waals surface area contributed by atoms with E-state index in [1.54, 1.807) is 12.1 Å². The Morgan fingerprint density at radius 2 is 1.75 bits per heavy atom. The highest BCUT2D eigenvalue weighted by Gasteiger charge is 2.26. The number of anilines is 2. The monoisotopic (exact) mass is 417 g/mol. The number of fused-ring (bicyclic) bond motifs is 2. The summed E-state index contributed by atoms with van der Waals surface area (Å²) >= 11 is 0. The molecule has 3 aromatic carbocycles. The van der Waals surface area contributed by atoms with Crippen molar-refractivity contribution >= 4 is 33.4 Å². The van der Waals surface area contributed by atoms with Crippen LogP contribution in [0.4, 0.5) is 11.6 Å². The first kappa shape index (κ1) is 18.4. The first-order valence-corrected chi connectivity index (χ1v) is 10.6. The van der Waals surface area contributed by atoms with Crippen LogP contribution in [0.15, 0.2) is 72.9 Å². The zero-order chi connectivity index (χ0) is 21.5. The Kier molecular flexibility index (Phi) is 4.25. The van der Waals surface area contributed by atoms with Gasteiger partial charge in [0, 0.05) is 17.3 Å². The number of nitrogens with one attached hydrogen (secondary N) is 2. The Bertz CT molecular complexity index is 1490. The zero-order valence-electron chi connectivity index (χ0n) is 17.2. The number of nitriles is 1. The van der Waals surface area contributed by atoms with E-state index in [9.17, 15) is 0 Å². The lowest BCUT2D eigenvalue weighted by Crippen LogP contribution is -2.00. The Morgan fingerprint density at radius 3 is 2.53 bits per heavy atom. The van der Waals surface area contributed by atoms with Crippen LogP contribution in [0.5, 0.6) is 11.6 Å². The van der Waals surface area contributed by atoms with E-state index in [2.05, 4.69) is 50.6 Å². The lowest BCUT2D eigenvalue weighted by Gasteiger charge is -2.13. The predicted octanol–water partition coefficient (Wildman–Crippen LogP) is 6.40. The maximum atomic E-state index is 9.00. The molecule has 0 atom stereocenters. The number of nitrogens with zero attached hydrogens (tertiary/aromatic N) is 3. The van der Waals surface area contributed by atoms with E-state index >= 15 is 0 Å². The molecule has 0 saturated heterocycles. The number of hydrogen-bond acceptors (Lipinski definition) is 5. The van der Waals surface area contributed by atoms with E-state index in [0.29, 0.717) is 23.3 Å². The summed E-state index contributed by atoms with van der Waals surface area (Å²) in [6.45, 7) is 0. The van der Waals surface area contributed by atoms with Crippen LogP contribution in [-0.2, 0) is 0 Å². The van der Waals surface area contributed by atoms with Gasteiger partial charge in [-0.05, 0) is 66.1 Å². The molecular weight excluding hydrogens is 398 g/mol. The van der Waals surface area contributed by atoms with Crippen LogP contribution < -0.4 is 10.1 Å². The SMILES string of the molecule is N#Cc1ccc(Nc2nc(Oc3ccc(C4CC4)c4ccccc34)c3[nH]ccc3n2)cc1. The molecule has 1 aliphatic rings. The topological polar surface area (TPSA) is 86.6 Å². The lowest BCUT2D eigenvalue weighted by molar-refractivity contribution is 0.473. The molecule has 2 aromatic heterocycles. The molecule has 154 valence electrons. The van der Waals surface area contributed by atoms with Gasteiger partial charge in [0.2, 0.25) is 11.8 Å². The van der Waals surface area contributed by atoms with Crippen LogP contribution in [-0.4, -0.2) is 15.0 Å². The van der Waals surface area contributed by atoms with Crippen molar-refractivity contribution in [2.75, 3.05) is 5.32 Å². The van der Waals surface area contributed by atoms with Gasteiger partial charge in [0.25, 0.3) is 0 Å². The maximum Gasteiger partial charge on any atom is 0.248 e. The third-order valence-electron chi connectivity index (χ3n) is 5.78. The summed E-state index contributed by atoms with van der Waals surface area (Å²) in [4.78, 5) is 12.4. The maximum absolute atomic E-state index is 9.00. The number of aromatic nitrogens is 3. The Hall–Kier alpha value is -4.37. The Labute approximate surface area is 184 Å². The molecule has 0 amide bonds. The first-order chi connectivity index (χ1) is 15.8. The number of ether oxygens (including phenoxy) is 1. The molecule has 1 saturated carbocycles. The molecule has 2 heterocycles. The molecule has 0 unspecified atom stereocenters. The summed E-state index contributed by atoms with van der Waals surface area (Å²) in [6.07, 6.45) is 4.33. The minimum absolute atomic E-state index is 0.427. The minimum atomic E-state index is 0.427. The van der Waals surface area contributed by atoms with Gasteiger partial charge >= 0.3 is 0 Å². The van der Waals surface area contributed by atoms with Crippen LogP contribution in [0.25, 0.3) is 21.8 Å². The summed E-state index contributed by atoms with van der Waals surface area (Å²) in [5.41, 5.74) is 4.28. The second-order valence-corrected chi connectivity index (χ2v) is 7.98. The number of benzene rings is 3. The minimum Gasteiger partial charge on any atom is -0.436 e.